The average Bonchev–Trinajstić information content (AvgIpc) is 3.12. The van der Waals surface area contributed by atoms with Crippen molar-refractivity contribution in [2.24, 2.45) is 0 Å². The number of hydrogen-bond donors (Lipinski definition) is 2. The molecule has 2 heterocycles. The number of rotatable bonds is 7. The van der Waals surface area contributed by atoms with Crippen molar-refractivity contribution in [3.8, 4) is 0 Å². The standard InChI is InChI=1S/C19H20ClN3O2S/c1-3-11-22(12-15-9-10-16(20)26-15)13-23-17(24)19(2,21-18(23)25)14-7-5-4-6-8-14/h3-10H,1,11-13H2,2H3,(H,21,25)/p+1/t19-/m0/s1. The van der Waals surface area contributed by atoms with E-state index in [1.165, 1.54) is 16.2 Å². The molecule has 1 aromatic heterocycles. The third-order valence-electron chi connectivity index (χ3n) is 4.49. The molecule has 0 saturated carbocycles. The van der Waals surface area contributed by atoms with Gasteiger partial charge >= 0.3 is 6.03 Å². The van der Waals surface area contributed by atoms with E-state index in [2.05, 4.69) is 11.9 Å². The highest BCUT2D eigenvalue weighted by Crippen LogP contribution is 2.28. The molecule has 5 nitrogen and oxygen atoms in total. The van der Waals surface area contributed by atoms with Crippen LogP contribution in [0.5, 0.6) is 0 Å². The molecule has 2 aromatic rings. The fraction of sp³-hybridized carbons (Fsp3) is 0.263. The minimum absolute atomic E-state index is 0.237. The predicted molar refractivity (Wildman–Crippen MR) is 103 cm³/mol. The van der Waals surface area contributed by atoms with Crippen molar-refractivity contribution >= 4 is 34.9 Å². The molecule has 1 unspecified atom stereocenters. The number of nitrogens with zero attached hydrogens (tertiary/aromatic N) is 1. The molecule has 3 amide bonds. The summed E-state index contributed by atoms with van der Waals surface area (Å²) in [5, 5.41) is 2.84. The second-order valence-electron chi connectivity index (χ2n) is 6.44. The molecule has 0 spiro atoms. The van der Waals surface area contributed by atoms with E-state index in [9.17, 15) is 9.59 Å². The molecule has 1 aliphatic rings. The van der Waals surface area contributed by atoms with Gasteiger partial charge in [-0.3, -0.25) is 4.79 Å². The van der Waals surface area contributed by atoms with E-state index in [0.29, 0.717) is 13.1 Å². The average molecular weight is 391 g/mol. The van der Waals surface area contributed by atoms with Crippen LogP contribution >= 0.6 is 22.9 Å². The van der Waals surface area contributed by atoms with Gasteiger partial charge in [0.05, 0.1) is 15.8 Å². The highest BCUT2D eigenvalue weighted by molar-refractivity contribution is 7.16. The molecule has 1 aliphatic heterocycles. The molecule has 2 N–H and O–H groups in total. The molecule has 26 heavy (non-hydrogen) atoms. The lowest BCUT2D eigenvalue weighted by atomic mass is 9.92. The number of benzene rings is 1. The summed E-state index contributed by atoms with van der Waals surface area (Å²) in [5.41, 5.74) is -0.264. The Morgan fingerprint density at radius 3 is 2.62 bits per heavy atom. The normalized spacial score (nSPS) is 20.9. The number of imide groups is 1. The van der Waals surface area contributed by atoms with Crippen LogP contribution in [0.1, 0.15) is 17.4 Å². The van der Waals surface area contributed by atoms with E-state index >= 15 is 0 Å². The predicted octanol–water partition coefficient (Wildman–Crippen LogP) is 2.40. The first-order valence-electron chi connectivity index (χ1n) is 8.32. The summed E-state index contributed by atoms with van der Waals surface area (Å²) in [5.74, 6) is -0.237. The van der Waals surface area contributed by atoms with E-state index in [0.717, 1.165) is 19.7 Å². The second kappa shape index (κ2) is 7.61. The van der Waals surface area contributed by atoms with Gasteiger partial charge < -0.3 is 10.2 Å². The van der Waals surface area contributed by atoms with E-state index in [1.807, 2.05) is 42.5 Å². The van der Waals surface area contributed by atoms with Gasteiger partial charge in [-0.25, -0.2) is 9.69 Å². The maximum Gasteiger partial charge on any atom is 0.329 e. The van der Waals surface area contributed by atoms with Gasteiger partial charge in [-0.05, 0) is 30.7 Å². The molecular weight excluding hydrogens is 370 g/mol. The van der Waals surface area contributed by atoms with Gasteiger partial charge in [0.2, 0.25) is 0 Å². The number of halogens is 1. The van der Waals surface area contributed by atoms with Crippen molar-refractivity contribution in [3.63, 3.8) is 0 Å². The number of thiophene rings is 1. The minimum Gasteiger partial charge on any atom is -0.319 e. The van der Waals surface area contributed by atoms with Crippen LogP contribution < -0.4 is 10.2 Å². The Kier molecular flexibility index (Phi) is 5.46. The first-order valence-corrected chi connectivity index (χ1v) is 9.52. The van der Waals surface area contributed by atoms with Crippen molar-refractivity contribution in [1.82, 2.24) is 10.2 Å². The number of nitrogens with one attached hydrogen (secondary N) is 2. The number of hydrogen-bond acceptors (Lipinski definition) is 3. The summed E-state index contributed by atoms with van der Waals surface area (Å²) in [6.07, 6.45) is 1.79. The van der Waals surface area contributed by atoms with Gasteiger partial charge in [-0.2, -0.15) is 0 Å². The van der Waals surface area contributed by atoms with Gasteiger partial charge in [0, 0.05) is 0 Å². The Morgan fingerprint density at radius 1 is 1.27 bits per heavy atom. The summed E-state index contributed by atoms with van der Waals surface area (Å²) in [6, 6.07) is 12.8. The monoisotopic (exact) mass is 390 g/mol. The van der Waals surface area contributed by atoms with Gasteiger partial charge in [0.25, 0.3) is 5.91 Å². The fourth-order valence-corrected chi connectivity index (χ4v) is 4.28. The van der Waals surface area contributed by atoms with Crippen LogP contribution in [0, 0.1) is 0 Å². The molecule has 1 aromatic carbocycles. The maximum absolute atomic E-state index is 13.0. The van der Waals surface area contributed by atoms with Crippen LogP contribution in [0.2, 0.25) is 4.34 Å². The first-order chi connectivity index (χ1) is 12.4. The molecule has 2 atom stereocenters. The lowest BCUT2D eigenvalue weighted by Crippen LogP contribution is -3.12. The van der Waals surface area contributed by atoms with Crippen LogP contribution in [-0.4, -0.2) is 30.1 Å². The van der Waals surface area contributed by atoms with Crippen molar-refractivity contribution in [3.05, 3.63) is 69.9 Å². The van der Waals surface area contributed by atoms with Crippen LogP contribution in [0.4, 0.5) is 4.79 Å². The third kappa shape index (κ3) is 3.67. The molecule has 0 bridgehead atoms. The summed E-state index contributed by atoms with van der Waals surface area (Å²) in [7, 11) is 0. The third-order valence-corrected chi connectivity index (χ3v) is 5.73. The SMILES string of the molecule is C=CC[NH+](Cc1ccc(Cl)s1)CN1C(=O)N[C@@](C)(c2ccccc2)C1=O. The number of quaternary nitrogens is 1. The van der Waals surface area contributed by atoms with Crippen LogP contribution in [-0.2, 0) is 16.9 Å². The number of carbonyl (C=O) groups is 2. The number of amides is 3. The summed E-state index contributed by atoms with van der Waals surface area (Å²) in [6.45, 7) is 7.11. The summed E-state index contributed by atoms with van der Waals surface area (Å²) in [4.78, 5) is 29.0. The van der Waals surface area contributed by atoms with Crippen molar-refractivity contribution in [2.75, 3.05) is 13.2 Å². The minimum atomic E-state index is -1.04. The Balaban J connectivity index is 1.78. The van der Waals surface area contributed by atoms with Gasteiger partial charge in [-0.15, -0.1) is 11.3 Å². The van der Waals surface area contributed by atoms with E-state index in [-0.39, 0.29) is 18.6 Å². The highest BCUT2D eigenvalue weighted by atomic mass is 35.5. The highest BCUT2D eigenvalue weighted by Gasteiger charge is 2.50. The fourth-order valence-electron chi connectivity index (χ4n) is 3.12. The largest absolute Gasteiger partial charge is 0.329 e. The van der Waals surface area contributed by atoms with Gasteiger partial charge in [0.1, 0.15) is 12.1 Å². The van der Waals surface area contributed by atoms with Crippen molar-refractivity contribution in [1.29, 1.82) is 0 Å². The molecule has 1 fully saturated rings. The van der Waals surface area contributed by atoms with Crippen LogP contribution in [0.3, 0.4) is 0 Å². The molecule has 0 radical (unpaired) electrons. The topological polar surface area (TPSA) is 53.9 Å². The lowest BCUT2D eigenvalue weighted by molar-refractivity contribution is -0.915. The summed E-state index contributed by atoms with van der Waals surface area (Å²) >= 11 is 7.51. The Morgan fingerprint density at radius 2 is 2.00 bits per heavy atom. The smallest absolute Gasteiger partial charge is 0.319 e. The van der Waals surface area contributed by atoms with Gasteiger partial charge in [-0.1, -0.05) is 48.5 Å². The molecule has 1 saturated heterocycles. The molecule has 136 valence electrons. The quantitative estimate of drug-likeness (QED) is 0.563. The van der Waals surface area contributed by atoms with E-state index in [1.54, 1.807) is 13.0 Å². The van der Waals surface area contributed by atoms with Crippen molar-refractivity contribution in [2.45, 2.75) is 19.0 Å². The Labute approximate surface area is 161 Å². The zero-order chi connectivity index (χ0) is 18.7. The molecule has 7 heteroatoms. The Bertz CT molecular complexity index is 823. The van der Waals surface area contributed by atoms with E-state index in [4.69, 9.17) is 11.6 Å². The second-order valence-corrected chi connectivity index (χ2v) is 8.24. The van der Waals surface area contributed by atoms with Crippen LogP contribution in [0.15, 0.2) is 55.1 Å². The first kappa shape index (κ1) is 18.6. The number of carbonyl (C=O) groups excluding carboxylic acids is 2. The Hall–Kier alpha value is -2.15. The summed E-state index contributed by atoms with van der Waals surface area (Å²) < 4.78 is 0.726. The maximum atomic E-state index is 13.0. The van der Waals surface area contributed by atoms with Crippen LogP contribution in [0.25, 0.3) is 0 Å². The zero-order valence-electron chi connectivity index (χ0n) is 14.5. The van der Waals surface area contributed by atoms with E-state index < -0.39 is 5.54 Å². The molecular formula is C19H21ClN3O2S+. The van der Waals surface area contributed by atoms with Gasteiger partial charge in [0.15, 0.2) is 6.67 Å². The molecule has 0 aliphatic carbocycles. The lowest BCUT2D eigenvalue weighted by Gasteiger charge is -2.24. The number of urea groups is 1. The zero-order valence-corrected chi connectivity index (χ0v) is 16.1. The molecule has 3 rings (SSSR count). The van der Waals surface area contributed by atoms with Crippen molar-refractivity contribution < 1.29 is 14.5 Å².